The van der Waals surface area contributed by atoms with Gasteiger partial charge in [0.15, 0.2) is 11.0 Å². The van der Waals surface area contributed by atoms with Gasteiger partial charge >= 0.3 is 0 Å². The number of hydrogen-bond acceptors (Lipinski definition) is 8. The van der Waals surface area contributed by atoms with Crippen LogP contribution in [0.1, 0.15) is 11.4 Å². The van der Waals surface area contributed by atoms with E-state index in [1.54, 1.807) is 36.6 Å². The van der Waals surface area contributed by atoms with Gasteiger partial charge in [0.25, 0.3) is 5.56 Å². The molecule has 162 valence electrons. The topological polar surface area (TPSA) is 109 Å². The van der Waals surface area contributed by atoms with Crippen LogP contribution in [0.15, 0.2) is 69.9 Å². The largest absolute Gasteiger partial charge is 0.495 e. The highest BCUT2D eigenvalue weighted by Crippen LogP contribution is 2.34. The van der Waals surface area contributed by atoms with E-state index in [0.29, 0.717) is 44.8 Å². The molecule has 0 aliphatic rings. The maximum atomic E-state index is 12.5. The Balaban J connectivity index is 1.53. The van der Waals surface area contributed by atoms with Gasteiger partial charge in [-0.05, 0) is 41.8 Å². The first-order valence-corrected chi connectivity index (χ1v) is 11.7. The van der Waals surface area contributed by atoms with Gasteiger partial charge in [0.1, 0.15) is 11.6 Å². The van der Waals surface area contributed by atoms with Crippen LogP contribution in [0.25, 0.3) is 27.3 Å². The van der Waals surface area contributed by atoms with Gasteiger partial charge in [-0.15, -0.1) is 21.5 Å². The predicted octanol–water partition coefficient (Wildman–Crippen LogP) is 4.40. The van der Waals surface area contributed by atoms with Crippen LogP contribution in [-0.2, 0) is 5.75 Å². The SMILES string of the molecule is COc1ccccc1-n1c(SCc2nc3ccc(C#N)cc3c(=O)[nH]2)nnc1-c1cccs1. The Morgan fingerprint density at radius 3 is 2.85 bits per heavy atom. The van der Waals surface area contributed by atoms with Crippen LogP contribution in [0, 0.1) is 11.3 Å². The average molecular weight is 473 g/mol. The number of nitriles is 1. The summed E-state index contributed by atoms with van der Waals surface area (Å²) in [7, 11) is 1.63. The van der Waals surface area contributed by atoms with Crippen molar-refractivity contribution in [3.05, 3.63) is 81.7 Å². The molecular formula is C23H16N6O2S2. The van der Waals surface area contributed by atoms with Crippen molar-refractivity contribution in [3.63, 3.8) is 0 Å². The van der Waals surface area contributed by atoms with Crippen molar-refractivity contribution in [2.24, 2.45) is 0 Å². The van der Waals surface area contributed by atoms with Crippen LogP contribution in [-0.4, -0.2) is 31.8 Å². The van der Waals surface area contributed by atoms with Gasteiger partial charge in [0.05, 0.1) is 46.0 Å². The molecule has 3 aromatic heterocycles. The lowest BCUT2D eigenvalue weighted by molar-refractivity contribution is 0.412. The summed E-state index contributed by atoms with van der Waals surface area (Å²) in [6.07, 6.45) is 0. The Labute approximate surface area is 196 Å². The number of nitrogens with zero attached hydrogens (tertiary/aromatic N) is 5. The highest BCUT2D eigenvalue weighted by molar-refractivity contribution is 7.98. The fraction of sp³-hybridized carbons (Fsp3) is 0.0870. The molecule has 10 heteroatoms. The quantitative estimate of drug-likeness (QED) is 0.365. The minimum absolute atomic E-state index is 0.279. The van der Waals surface area contributed by atoms with Crippen LogP contribution < -0.4 is 10.3 Å². The van der Waals surface area contributed by atoms with Gasteiger partial charge in [-0.1, -0.05) is 30.0 Å². The van der Waals surface area contributed by atoms with Crippen molar-refractivity contribution in [3.8, 4) is 28.2 Å². The maximum Gasteiger partial charge on any atom is 0.258 e. The summed E-state index contributed by atoms with van der Waals surface area (Å²) in [6, 6.07) is 18.6. The third-order valence-electron chi connectivity index (χ3n) is 4.92. The molecule has 0 spiro atoms. The second kappa shape index (κ2) is 8.90. The van der Waals surface area contributed by atoms with Gasteiger partial charge < -0.3 is 9.72 Å². The van der Waals surface area contributed by atoms with Crippen molar-refractivity contribution in [2.45, 2.75) is 10.9 Å². The van der Waals surface area contributed by atoms with Crippen LogP contribution >= 0.6 is 23.1 Å². The number of thiophene rings is 1. The minimum Gasteiger partial charge on any atom is -0.495 e. The van der Waals surface area contributed by atoms with Crippen LogP contribution in [0.4, 0.5) is 0 Å². The smallest absolute Gasteiger partial charge is 0.258 e. The van der Waals surface area contributed by atoms with E-state index < -0.39 is 0 Å². The molecular weight excluding hydrogens is 456 g/mol. The van der Waals surface area contributed by atoms with Gasteiger partial charge in [-0.2, -0.15) is 5.26 Å². The zero-order chi connectivity index (χ0) is 22.8. The molecule has 0 bridgehead atoms. The second-order valence-electron chi connectivity index (χ2n) is 6.94. The molecule has 1 N–H and O–H groups in total. The normalized spacial score (nSPS) is 10.9. The van der Waals surface area contributed by atoms with E-state index in [0.717, 1.165) is 10.6 Å². The molecule has 5 aromatic rings. The molecule has 0 aliphatic heterocycles. The first-order valence-electron chi connectivity index (χ1n) is 9.86. The Morgan fingerprint density at radius 1 is 1.18 bits per heavy atom. The average Bonchev–Trinajstić information content (AvgIpc) is 3.52. The van der Waals surface area contributed by atoms with Crippen molar-refractivity contribution in [2.75, 3.05) is 7.11 Å². The lowest BCUT2D eigenvalue weighted by Gasteiger charge is -2.13. The molecule has 8 nitrogen and oxygen atoms in total. The standard InChI is InChI=1S/C23H16N6O2S2/c1-31-18-6-3-2-5-17(18)29-21(19-7-4-10-32-19)27-28-23(29)33-13-20-25-16-9-8-14(12-24)11-15(16)22(30)26-20/h2-11H,13H2,1H3,(H,25,26,30). The van der Waals surface area contributed by atoms with E-state index in [9.17, 15) is 4.79 Å². The van der Waals surface area contributed by atoms with Gasteiger partial charge in [0.2, 0.25) is 0 Å². The van der Waals surface area contributed by atoms with Crippen LogP contribution in [0.3, 0.4) is 0 Å². The number of hydrogen-bond donors (Lipinski definition) is 1. The third kappa shape index (κ3) is 4.00. The summed E-state index contributed by atoms with van der Waals surface area (Å²) in [6.45, 7) is 0. The molecule has 33 heavy (non-hydrogen) atoms. The molecule has 0 radical (unpaired) electrons. The maximum absolute atomic E-state index is 12.5. The summed E-state index contributed by atoms with van der Waals surface area (Å²) < 4.78 is 7.53. The van der Waals surface area contributed by atoms with Crippen molar-refractivity contribution >= 4 is 34.0 Å². The molecule has 3 heterocycles. The zero-order valence-corrected chi connectivity index (χ0v) is 19.0. The monoisotopic (exact) mass is 472 g/mol. The first-order chi connectivity index (χ1) is 16.2. The van der Waals surface area contributed by atoms with E-state index in [-0.39, 0.29) is 5.56 Å². The number of rotatable bonds is 6. The van der Waals surface area contributed by atoms with Gasteiger partial charge in [0, 0.05) is 0 Å². The Morgan fingerprint density at radius 2 is 2.06 bits per heavy atom. The zero-order valence-electron chi connectivity index (χ0n) is 17.3. The molecule has 0 amide bonds. The molecule has 0 aliphatic carbocycles. The van der Waals surface area contributed by atoms with E-state index >= 15 is 0 Å². The summed E-state index contributed by atoms with van der Waals surface area (Å²) in [4.78, 5) is 20.9. The van der Waals surface area contributed by atoms with E-state index in [1.807, 2.05) is 52.4 Å². The molecule has 0 saturated heterocycles. The third-order valence-corrected chi connectivity index (χ3v) is 6.73. The summed E-state index contributed by atoms with van der Waals surface area (Å²) >= 11 is 2.99. The number of aromatic nitrogens is 5. The molecule has 0 fully saturated rings. The van der Waals surface area contributed by atoms with Gasteiger partial charge in [-0.3, -0.25) is 9.36 Å². The number of thioether (sulfide) groups is 1. The van der Waals surface area contributed by atoms with Crippen molar-refractivity contribution in [1.29, 1.82) is 5.26 Å². The Hall–Kier alpha value is -3.94. The van der Waals surface area contributed by atoms with Crippen LogP contribution in [0.2, 0.25) is 0 Å². The molecule has 0 saturated carbocycles. The van der Waals surface area contributed by atoms with E-state index in [4.69, 9.17) is 10.00 Å². The fourth-order valence-electron chi connectivity index (χ4n) is 3.42. The van der Waals surface area contributed by atoms with Crippen molar-refractivity contribution < 1.29 is 4.74 Å². The lowest BCUT2D eigenvalue weighted by atomic mass is 10.1. The highest BCUT2D eigenvalue weighted by atomic mass is 32.2. The summed E-state index contributed by atoms with van der Waals surface area (Å²) in [5, 5.41) is 20.9. The van der Waals surface area contributed by atoms with Crippen molar-refractivity contribution in [1.82, 2.24) is 24.7 Å². The number of methoxy groups -OCH3 is 1. The highest BCUT2D eigenvalue weighted by Gasteiger charge is 2.20. The van der Waals surface area contributed by atoms with Gasteiger partial charge in [-0.25, -0.2) is 4.98 Å². The van der Waals surface area contributed by atoms with Crippen LogP contribution in [0.5, 0.6) is 5.75 Å². The number of H-pyrrole nitrogens is 1. The minimum atomic E-state index is -0.279. The number of para-hydroxylation sites is 2. The number of ether oxygens (including phenoxy) is 1. The van der Waals surface area contributed by atoms with E-state index in [2.05, 4.69) is 20.2 Å². The Kier molecular flexibility index (Phi) is 5.64. The number of nitrogens with one attached hydrogen (secondary N) is 1. The number of benzene rings is 2. The summed E-state index contributed by atoms with van der Waals surface area (Å²) in [5.74, 6) is 2.29. The molecule has 0 atom stereocenters. The lowest BCUT2D eigenvalue weighted by Crippen LogP contribution is -2.11. The number of fused-ring (bicyclic) bond motifs is 1. The number of aromatic amines is 1. The Bertz CT molecular complexity index is 1550. The molecule has 2 aromatic carbocycles. The first kappa shape index (κ1) is 20.9. The molecule has 0 unspecified atom stereocenters. The molecule has 5 rings (SSSR count). The van der Waals surface area contributed by atoms with E-state index in [1.165, 1.54) is 11.8 Å². The fourth-order valence-corrected chi connectivity index (χ4v) is 4.93. The predicted molar refractivity (Wildman–Crippen MR) is 128 cm³/mol. The second-order valence-corrected chi connectivity index (χ2v) is 8.83. The summed E-state index contributed by atoms with van der Waals surface area (Å²) in [5.41, 5.74) is 1.50.